The molecule has 0 aliphatic carbocycles. The highest BCUT2D eigenvalue weighted by molar-refractivity contribution is 5.85. The summed E-state index contributed by atoms with van der Waals surface area (Å²) in [6.07, 6.45) is 4.11. The maximum Gasteiger partial charge on any atom is 0.412 e. The van der Waals surface area contributed by atoms with E-state index in [1.165, 1.54) is 6.34 Å². The highest BCUT2D eigenvalue weighted by Gasteiger charge is 2.17. The number of hydrogen-bond acceptors (Lipinski definition) is 4. The molecular weight excluding hydrogens is 270 g/mol. The Hall–Kier alpha value is -2.44. The molecule has 114 valence electrons. The predicted octanol–water partition coefficient (Wildman–Crippen LogP) is 3.09. The van der Waals surface area contributed by atoms with Gasteiger partial charge in [-0.2, -0.15) is 5.10 Å². The fourth-order valence-electron chi connectivity index (χ4n) is 1.42. The first-order valence-corrected chi connectivity index (χ1v) is 6.44. The number of carbonyl (C=O) groups excluding carboxylic acids is 1. The zero-order valence-electron chi connectivity index (χ0n) is 13.0. The van der Waals surface area contributed by atoms with Crippen LogP contribution in [0, 0.1) is 6.92 Å². The van der Waals surface area contributed by atoms with E-state index in [1.54, 1.807) is 44.8 Å². The molecule has 1 amide bonds. The fraction of sp³-hybridized carbons (Fsp3) is 0.429. The first-order chi connectivity index (χ1) is 9.73. The molecule has 0 radical (unpaired) electrons. The van der Waals surface area contributed by atoms with Gasteiger partial charge in [-0.1, -0.05) is 0 Å². The molecule has 7 nitrogen and oxygen atoms in total. The van der Waals surface area contributed by atoms with Crippen LogP contribution in [0.2, 0.25) is 0 Å². The quantitative estimate of drug-likeness (QED) is 0.683. The van der Waals surface area contributed by atoms with Crippen LogP contribution in [0.3, 0.4) is 0 Å². The number of allylic oxidation sites excluding steroid dienone is 1. The van der Waals surface area contributed by atoms with E-state index in [1.807, 2.05) is 6.92 Å². The molecule has 21 heavy (non-hydrogen) atoms. The lowest BCUT2D eigenvalue weighted by Gasteiger charge is -2.19. The summed E-state index contributed by atoms with van der Waals surface area (Å²) < 4.78 is 6.81. The van der Waals surface area contributed by atoms with Crippen molar-refractivity contribution in [2.75, 3.05) is 5.32 Å². The molecule has 1 rings (SSSR count). The van der Waals surface area contributed by atoms with Crippen LogP contribution < -0.4 is 5.32 Å². The van der Waals surface area contributed by atoms with Crippen LogP contribution in [0.5, 0.6) is 0 Å². The van der Waals surface area contributed by atoms with Gasteiger partial charge in [0.25, 0.3) is 0 Å². The van der Waals surface area contributed by atoms with Gasteiger partial charge in [0.1, 0.15) is 11.9 Å². The zero-order chi connectivity index (χ0) is 16.0. The highest BCUT2D eigenvalue weighted by atomic mass is 16.6. The van der Waals surface area contributed by atoms with Crippen LogP contribution in [-0.2, 0) is 4.74 Å². The van der Waals surface area contributed by atoms with E-state index in [0.29, 0.717) is 11.4 Å². The number of anilines is 1. The maximum atomic E-state index is 11.7. The number of rotatable bonds is 4. The normalized spacial score (nSPS) is 12.5. The minimum Gasteiger partial charge on any atom is -0.444 e. The Kier molecular flexibility index (Phi) is 5.40. The molecular formula is C14H21N5O2. The Bertz CT molecular complexity index is 579. The minimum absolute atomic E-state index is 0.513. The van der Waals surface area contributed by atoms with Crippen LogP contribution in [0.4, 0.5) is 10.5 Å². The van der Waals surface area contributed by atoms with E-state index in [9.17, 15) is 4.79 Å². The van der Waals surface area contributed by atoms with Gasteiger partial charge in [-0.15, -0.1) is 0 Å². The van der Waals surface area contributed by atoms with E-state index in [0.717, 1.165) is 5.70 Å². The minimum atomic E-state index is -0.545. The third-order valence-electron chi connectivity index (χ3n) is 2.31. The number of aliphatic imine (C=N–C) groups is 2. The van der Waals surface area contributed by atoms with Gasteiger partial charge in [0.05, 0.1) is 23.3 Å². The largest absolute Gasteiger partial charge is 0.444 e. The standard InChI is InChI=1S/C14H21N5O2/c1-10(7-16-9-15-6)19-8-12(11(2)18-19)17-13(20)21-14(3,4)5/h7-9H,6H2,1-5H3,(H,17,20)/b10-7+,16-9-. The molecule has 0 aliphatic rings. The zero-order valence-corrected chi connectivity index (χ0v) is 13.0. The summed E-state index contributed by atoms with van der Waals surface area (Å²) >= 11 is 0. The van der Waals surface area contributed by atoms with E-state index in [2.05, 4.69) is 27.1 Å². The SMILES string of the molecule is C=N/C=N\C=C(/C)n1cc(NC(=O)OC(C)(C)C)c(C)n1. The number of nitrogens with zero attached hydrogens (tertiary/aromatic N) is 4. The van der Waals surface area contributed by atoms with Crippen molar-refractivity contribution in [2.45, 2.75) is 40.2 Å². The van der Waals surface area contributed by atoms with Crippen molar-refractivity contribution >= 4 is 30.5 Å². The first-order valence-electron chi connectivity index (χ1n) is 6.44. The molecule has 1 aromatic heterocycles. The smallest absolute Gasteiger partial charge is 0.412 e. The molecule has 7 heteroatoms. The third kappa shape index (κ3) is 5.60. The van der Waals surface area contributed by atoms with Crippen molar-refractivity contribution in [3.63, 3.8) is 0 Å². The lowest BCUT2D eigenvalue weighted by molar-refractivity contribution is 0.0636. The van der Waals surface area contributed by atoms with Crippen molar-refractivity contribution in [1.82, 2.24) is 9.78 Å². The van der Waals surface area contributed by atoms with E-state index < -0.39 is 11.7 Å². The summed E-state index contributed by atoms with van der Waals surface area (Å²) in [4.78, 5) is 19.2. The lowest BCUT2D eigenvalue weighted by atomic mass is 10.2. The summed E-state index contributed by atoms with van der Waals surface area (Å²) in [5, 5.41) is 6.97. The molecule has 0 saturated heterocycles. The predicted molar refractivity (Wildman–Crippen MR) is 84.8 cm³/mol. The number of carbonyl (C=O) groups is 1. The molecule has 0 saturated carbocycles. The average molecular weight is 291 g/mol. The number of amides is 1. The Morgan fingerprint density at radius 2 is 2.19 bits per heavy atom. The molecule has 1 aromatic rings. The Morgan fingerprint density at radius 1 is 1.52 bits per heavy atom. The van der Waals surface area contributed by atoms with Crippen molar-refractivity contribution in [2.24, 2.45) is 9.98 Å². The number of hydrogen-bond donors (Lipinski definition) is 1. The molecule has 1 N–H and O–H groups in total. The molecule has 0 fully saturated rings. The molecule has 1 heterocycles. The van der Waals surface area contributed by atoms with Crippen molar-refractivity contribution in [3.05, 3.63) is 18.1 Å². The Morgan fingerprint density at radius 3 is 2.76 bits per heavy atom. The first kappa shape index (κ1) is 16.6. The van der Waals surface area contributed by atoms with Gasteiger partial charge in [0.15, 0.2) is 0 Å². The van der Waals surface area contributed by atoms with Gasteiger partial charge in [-0.3, -0.25) is 10.3 Å². The summed E-state index contributed by atoms with van der Waals surface area (Å²) in [6, 6.07) is 0. The van der Waals surface area contributed by atoms with Gasteiger partial charge in [0.2, 0.25) is 0 Å². The Labute approximate surface area is 124 Å². The van der Waals surface area contributed by atoms with E-state index >= 15 is 0 Å². The molecule has 0 aromatic carbocycles. The summed E-state index contributed by atoms with van der Waals surface area (Å²) in [7, 11) is 0. The second-order valence-electron chi connectivity index (χ2n) is 5.42. The van der Waals surface area contributed by atoms with Crippen molar-refractivity contribution < 1.29 is 9.53 Å². The van der Waals surface area contributed by atoms with Crippen molar-refractivity contribution in [3.8, 4) is 0 Å². The van der Waals surface area contributed by atoms with Crippen molar-refractivity contribution in [1.29, 1.82) is 0 Å². The average Bonchev–Trinajstić information content (AvgIpc) is 2.68. The second-order valence-corrected chi connectivity index (χ2v) is 5.42. The lowest BCUT2D eigenvalue weighted by Crippen LogP contribution is -2.27. The van der Waals surface area contributed by atoms with Crippen LogP contribution in [0.25, 0.3) is 5.70 Å². The van der Waals surface area contributed by atoms with Crippen LogP contribution in [0.15, 0.2) is 22.4 Å². The molecule has 0 spiro atoms. The summed E-state index contributed by atoms with van der Waals surface area (Å²) in [5.41, 5.74) is 1.49. The summed E-state index contributed by atoms with van der Waals surface area (Å²) in [6.45, 7) is 12.4. The van der Waals surface area contributed by atoms with Crippen LogP contribution >= 0.6 is 0 Å². The molecule has 0 unspecified atom stereocenters. The topological polar surface area (TPSA) is 80.9 Å². The Balaban J connectivity index is 2.83. The number of ether oxygens (including phenoxy) is 1. The van der Waals surface area contributed by atoms with Gasteiger partial charge >= 0.3 is 6.09 Å². The third-order valence-corrected chi connectivity index (χ3v) is 2.31. The monoisotopic (exact) mass is 291 g/mol. The number of aryl methyl sites for hydroxylation is 1. The maximum absolute atomic E-state index is 11.7. The fourth-order valence-corrected chi connectivity index (χ4v) is 1.42. The second kappa shape index (κ2) is 6.83. The molecule has 0 aliphatic heterocycles. The number of aromatic nitrogens is 2. The van der Waals surface area contributed by atoms with Gasteiger partial charge in [-0.25, -0.2) is 14.5 Å². The number of nitrogens with one attached hydrogen (secondary N) is 1. The van der Waals surface area contributed by atoms with Crippen LogP contribution in [0.1, 0.15) is 33.4 Å². The van der Waals surface area contributed by atoms with Gasteiger partial charge in [-0.05, 0) is 41.3 Å². The highest BCUT2D eigenvalue weighted by Crippen LogP contribution is 2.17. The van der Waals surface area contributed by atoms with Gasteiger partial charge in [0, 0.05) is 6.20 Å². The molecule has 0 bridgehead atoms. The van der Waals surface area contributed by atoms with E-state index in [4.69, 9.17) is 4.74 Å². The van der Waals surface area contributed by atoms with Gasteiger partial charge < -0.3 is 4.74 Å². The van der Waals surface area contributed by atoms with Crippen LogP contribution in [-0.4, -0.2) is 34.5 Å². The summed E-state index contributed by atoms with van der Waals surface area (Å²) in [5.74, 6) is 0. The van der Waals surface area contributed by atoms with E-state index in [-0.39, 0.29) is 0 Å². The molecule has 0 atom stereocenters.